The van der Waals surface area contributed by atoms with Crippen molar-refractivity contribution < 1.29 is 14.3 Å². The van der Waals surface area contributed by atoms with Gasteiger partial charge >= 0.3 is 6.03 Å². The van der Waals surface area contributed by atoms with Gasteiger partial charge < -0.3 is 19.7 Å². The third kappa shape index (κ3) is 3.16. The van der Waals surface area contributed by atoms with Crippen molar-refractivity contribution in [3.05, 3.63) is 35.4 Å². The zero-order valence-electron chi connectivity index (χ0n) is 17.5. The van der Waals surface area contributed by atoms with Gasteiger partial charge in [-0.2, -0.15) is 0 Å². The van der Waals surface area contributed by atoms with Gasteiger partial charge in [-0.15, -0.1) is 0 Å². The molecule has 3 saturated heterocycles. The van der Waals surface area contributed by atoms with Crippen molar-refractivity contribution >= 4 is 6.03 Å². The molecule has 0 radical (unpaired) electrons. The molecule has 4 atom stereocenters. The number of amides is 2. The lowest BCUT2D eigenvalue weighted by Crippen LogP contribution is -2.61. The van der Waals surface area contributed by atoms with E-state index >= 15 is 0 Å². The highest BCUT2D eigenvalue weighted by molar-refractivity contribution is 5.75. The molecule has 3 fully saturated rings. The quantitative estimate of drug-likeness (QED) is 0.760. The van der Waals surface area contributed by atoms with Crippen molar-refractivity contribution in [2.45, 2.75) is 57.2 Å². The average Bonchev–Trinajstić information content (AvgIpc) is 3.25. The van der Waals surface area contributed by atoms with Gasteiger partial charge in [-0.25, -0.2) is 4.79 Å². The summed E-state index contributed by atoms with van der Waals surface area (Å²) in [7, 11) is 0. The molecule has 1 aliphatic carbocycles. The van der Waals surface area contributed by atoms with Crippen LogP contribution >= 0.6 is 0 Å². The number of likely N-dealkylation sites (tertiary alicyclic amines) is 1. The van der Waals surface area contributed by atoms with Crippen LogP contribution in [0.5, 0.6) is 11.5 Å². The van der Waals surface area contributed by atoms with Gasteiger partial charge in [-0.3, -0.25) is 4.90 Å². The lowest BCUT2D eigenvalue weighted by Gasteiger charge is -2.54. The number of fused-ring (bicyclic) bond motifs is 7. The number of rotatable bonds is 2. The van der Waals surface area contributed by atoms with Crippen molar-refractivity contribution in [2.75, 3.05) is 26.4 Å². The van der Waals surface area contributed by atoms with E-state index in [4.69, 9.17) is 9.47 Å². The number of hydrogen-bond donors (Lipinski definition) is 1. The van der Waals surface area contributed by atoms with Crippen LogP contribution in [0.25, 0.3) is 0 Å². The van der Waals surface area contributed by atoms with Crippen LogP contribution in [0.15, 0.2) is 29.8 Å². The lowest BCUT2D eigenvalue weighted by molar-refractivity contribution is 0.00788. The number of benzene rings is 1. The Kier molecular flexibility index (Phi) is 4.63. The predicted molar refractivity (Wildman–Crippen MR) is 113 cm³/mol. The number of nitrogens with zero attached hydrogens (tertiary/aromatic N) is 2. The van der Waals surface area contributed by atoms with E-state index in [-0.39, 0.29) is 18.9 Å². The number of nitrogens with one attached hydrogen (secondary N) is 1. The third-order valence-electron chi connectivity index (χ3n) is 7.80. The van der Waals surface area contributed by atoms with Crippen LogP contribution < -0.4 is 14.8 Å². The SMILES string of the molecule is O=C(NCc1ccc2c(c1)OCO2)N1CCCC2=C[C@H]3C[C@@H](CN4CCCC[C@H]34)[C@@H]21. The van der Waals surface area contributed by atoms with E-state index in [0.29, 0.717) is 18.4 Å². The molecule has 0 aromatic heterocycles. The molecule has 1 aromatic rings. The molecule has 2 amide bonds. The van der Waals surface area contributed by atoms with E-state index in [1.165, 1.54) is 37.8 Å². The Labute approximate surface area is 178 Å². The van der Waals surface area contributed by atoms with E-state index < -0.39 is 0 Å². The number of piperidine rings is 3. The topological polar surface area (TPSA) is 54.0 Å². The van der Waals surface area contributed by atoms with Gasteiger partial charge in [-0.1, -0.05) is 24.1 Å². The summed E-state index contributed by atoms with van der Waals surface area (Å²) in [4.78, 5) is 18.1. The molecule has 0 saturated carbocycles. The highest BCUT2D eigenvalue weighted by atomic mass is 16.7. The third-order valence-corrected chi connectivity index (χ3v) is 7.80. The van der Waals surface area contributed by atoms with Gasteiger partial charge in [0.2, 0.25) is 6.79 Å². The van der Waals surface area contributed by atoms with Crippen molar-refractivity contribution in [3.8, 4) is 11.5 Å². The van der Waals surface area contributed by atoms with Gasteiger partial charge in [-0.05, 0) is 68.2 Å². The smallest absolute Gasteiger partial charge is 0.318 e. The Morgan fingerprint density at radius 3 is 3.03 bits per heavy atom. The summed E-state index contributed by atoms with van der Waals surface area (Å²) in [5, 5.41) is 3.17. The fraction of sp³-hybridized carbons (Fsp3) is 0.625. The molecular formula is C24H31N3O3. The minimum absolute atomic E-state index is 0.0717. The van der Waals surface area contributed by atoms with Crippen molar-refractivity contribution in [1.29, 1.82) is 0 Å². The molecule has 6 nitrogen and oxygen atoms in total. The molecule has 0 unspecified atom stereocenters. The molecule has 6 heteroatoms. The van der Waals surface area contributed by atoms with Crippen LogP contribution in [0.3, 0.4) is 0 Å². The second kappa shape index (κ2) is 7.49. The van der Waals surface area contributed by atoms with Crippen LogP contribution in [-0.2, 0) is 6.54 Å². The highest BCUT2D eigenvalue weighted by Gasteiger charge is 2.46. The first-order valence-corrected chi connectivity index (χ1v) is 11.6. The number of ether oxygens (including phenoxy) is 2. The number of carbonyl (C=O) groups excluding carboxylic acids is 1. The lowest BCUT2D eigenvalue weighted by atomic mass is 9.68. The first kappa shape index (κ1) is 18.6. The summed E-state index contributed by atoms with van der Waals surface area (Å²) in [6.07, 6.45) is 10.1. The van der Waals surface area contributed by atoms with Gasteiger partial charge in [0.25, 0.3) is 0 Å². The van der Waals surface area contributed by atoms with E-state index in [0.717, 1.165) is 49.0 Å². The normalized spacial score (nSPS) is 32.1. The minimum atomic E-state index is 0.0717. The highest BCUT2D eigenvalue weighted by Crippen LogP contribution is 2.45. The molecule has 160 valence electrons. The maximum Gasteiger partial charge on any atom is 0.318 e. The molecule has 2 bridgehead atoms. The Morgan fingerprint density at radius 2 is 2.07 bits per heavy atom. The Balaban J connectivity index is 1.17. The molecule has 4 heterocycles. The summed E-state index contributed by atoms with van der Waals surface area (Å²) >= 11 is 0. The Morgan fingerprint density at radius 1 is 1.13 bits per heavy atom. The van der Waals surface area contributed by atoms with Crippen molar-refractivity contribution in [2.24, 2.45) is 11.8 Å². The Bertz CT molecular complexity index is 869. The summed E-state index contributed by atoms with van der Waals surface area (Å²) in [6, 6.07) is 6.99. The summed E-state index contributed by atoms with van der Waals surface area (Å²) in [5.41, 5.74) is 2.57. The summed E-state index contributed by atoms with van der Waals surface area (Å²) in [6.45, 7) is 4.05. The molecule has 4 aliphatic heterocycles. The molecule has 0 spiro atoms. The van der Waals surface area contributed by atoms with Crippen molar-refractivity contribution in [3.63, 3.8) is 0 Å². The fourth-order valence-corrected chi connectivity index (χ4v) is 6.53. The van der Waals surface area contributed by atoms with Crippen LogP contribution in [0.1, 0.15) is 44.1 Å². The van der Waals surface area contributed by atoms with Gasteiger partial charge in [0.15, 0.2) is 11.5 Å². The van der Waals surface area contributed by atoms with Crippen LogP contribution in [0.4, 0.5) is 4.79 Å². The second-order valence-electron chi connectivity index (χ2n) is 9.55. The number of hydrogen-bond acceptors (Lipinski definition) is 4. The Hall–Kier alpha value is -2.21. The zero-order valence-corrected chi connectivity index (χ0v) is 17.5. The maximum atomic E-state index is 13.2. The van der Waals surface area contributed by atoms with Crippen molar-refractivity contribution in [1.82, 2.24) is 15.1 Å². The first-order valence-electron chi connectivity index (χ1n) is 11.6. The van der Waals surface area contributed by atoms with E-state index in [9.17, 15) is 4.79 Å². The molecule has 30 heavy (non-hydrogen) atoms. The predicted octanol–water partition coefficient (Wildman–Crippen LogP) is 3.52. The number of urea groups is 1. The molecule has 6 rings (SSSR count). The largest absolute Gasteiger partial charge is 0.454 e. The molecule has 5 aliphatic rings. The monoisotopic (exact) mass is 409 g/mol. The van der Waals surface area contributed by atoms with E-state index in [1.54, 1.807) is 0 Å². The van der Waals surface area contributed by atoms with Crippen LogP contribution in [-0.4, -0.2) is 54.3 Å². The van der Waals surface area contributed by atoms with Crippen LogP contribution in [0.2, 0.25) is 0 Å². The number of carbonyl (C=O) groups is 1. The standard InChI is InChI=1S/C24H31N3O3/c28-24(25-13-16-6-7-21-22(10-16)30-15-29-21)27-9-3-4-17-11-18-12-19(23(17)27)14-26-8-2-1-5-20(18)26/h6-7,10-11,18-20,23H,1-5,8-9,12-15H2,(H,25,28)/t18-,19-,20+,23+/m0/s1. The molecule has 1 aromatic carbocycles. The fourth-order valence-electron chi connectivity index (χ4n) is 6.53. The summed E-state index contributed by atoms with van der Waals surface area (Å²) < 4.78 is 10.8. The van der Waals surface area contributed by atoms with E-state index in [2.05, 4.69) is 21.2 Å². The summed E-state index contributed by atoms with van der Waals surface area (Å²) in [5.74, 6) is 2.83. The molecular weight excluding hydrogens is 378 g/mol. The van der Waals surface area contributed by atoms with Gasteiger partial charge in [0.05, 0.1) is 6.04 Å². The van der Waals surface area contributed by atoms with Gasteiger partial charge in [0.1, 0.15) is 0 Å². The zero-order chi connectivity index (χ0) is 20.1. The second-order valence-corrected chi connectivity index (χ2v) is 9.55. The average molecular weight is 410 g/mol. The maximum absolute atomic E-state index is 13.2. The first-order chi connectivity index (χ1) is 14.8. The van der Waals surface area contributed by atoms with Crippen LogP contribution in [0, 0.1) is 11.8 Å². The minimum Gasteiger partial charge on any atom is -0.454 e. The van der Waals surface area contributed by atoms with Gasteiger partial charge in [0, 0.05) is 25.7 Å². The van der Waals surface area contributed by atoms with E-state index in [1.807, 2.05) is 18.2 Å². The molecule has 1 N–H and O–H groups in total.